The normalized spacial score (nSPS) is 11.8. The van der Waals surface area contributed by atoms with Crippen LogP contribution in [0.5, 0.6) is 11.5 Å². The van der Waals surface area contributed by atoms with E-state index >= 15 is 0 Å². The molecule has 1 aromatic rings. The summed E-state index contributed by atoms with van der Waals surface area (Å²) in [7, 11) is 1.52. The predicted molar refractivity (Wildman–Crippen MR) is 59.8 cm³/mol. The largest absolute Gasteiger partial charge is 0.504 e. The molecule has 3 heteroatoms. The van der Waals surface area contributed by atoms with Crippen molar-refractivity contribution in [3.63, 3.8) is 0 Å². The van der Waals surface area contributed by atoms with E-state index in [0.717, 1.165) is 5.56 Å². The van der Waals surface area contributed by atoms with Gasteiger partial charge >= 0.3 is 0 Å². The van der Waals surface area contributed by atoms with Crippen LogP contribution in [0.4, 0.5) is 0 Å². The quantitative estimate of drug-likeness (QED) is 0.732. The molecule has 3 nitrogen and oxygen atoms in total. The highest BCUT2D eigenvalue weighted by molar-refractivity contribution is 5.41. The fraction of sp³-hybridized carbons (Fsp3) is 0.333. The fourth-order valence-electron chi connectivity index (χ4n) is 1.18. The third kappa shape index (κ3) is 3.19. The number of phenolic OH excluding ortho intramolecular Hbond substituents is 1. The first-order valence-corrected chi connectivity index (χ1v) is 4.72. The topological polar surface area (TPSA) is 41.5 Å². The van der Waals surface area contributed by atoms with Gasteiger partial charge in [0, 0.05) is 6.54 Å². The van der Waals surface area contributed by atoms with Gasteiger partial charge in [0.05, 0.1) is 13.2 Å². The molecule has 0 radical (unpaired) electrons. The Bertz CT molecular complexity index is 368. The lowest BCUT2D eigenvalue weighted by molar-refractivity contribution is 0.373. The summed E-state index contributed by atoms with van der Waals surface area (Å²) in [5.74, 6) is 3.19. The third-order valence-corrected chi connectivity index (χ3v) is 2.11. The molecule has 0 spiro atoms. The van der Waals surface area contributed by atoms with Crippen LogP contribution in [0.2, 0.25) is 0 Å². The molecular weight excluding hydrogens is 190 g/mol. The van der Waals surface area contributed by atoms with Crippen LogP contribution in [0, 0.1) is 12.3 Å². The van der Waals surface area contributed by atoms with Gasteiger partial charge in [-0.1, -0.05) is 12.0 Å². The molecule has 0 bridgehead atoms. The minimum absolute atomic E-state index is 0.0224. The van der Waals surface area contributed by atoms with Crippen molar-refractivity contribution in [3.05, 3.63) is 23.8 Å². The zero-order chi connectivity index (χ0) is 11.3. The highest BCUT2D eigenvalue weighted by atomic mass is 16.5. The fourth-order valence-corrected chi connectivity index (χ4v) is 1.18. The molecule has 0 saturated carbocycles. The minimum atomic E-state index is 0.0224. The van der Waals surface area contributed by atoms with Crippen molar-refractivity contribution in [1.29, 1.82) is 0 Å². The van der Waals surface area contributed by atoms with E-state index in [1.807, 2.05) is 13.0 Å². The first kappa shape index (κ1) is 11.4. The highest BCUT2D eigenvalue weighted by Crippen LogP contribution is 2.25. The molecule has 1 rings (SSSR count). The first-order chi connectivity index (χ1) is 7.17. The number of terminal acetylenes is 1. The number of hydrogen-bond acceptors (Lipinski definition) is 3. The molecule has 1 atom stereocenters. The number of rotatable bonds is 4. The maximum Gasteiger partial charge on any atom is 0.160 e. The lowest BCUT2D eigenvalue weighted by Gasteiger charge is -2.09. The molecular formula is C12H15NO2. The molecule has 2 N–H and O–H groups in total. The van der Waals surface area contributed by atoms with Crippen molar-refractivity contribution < 1.29 is 9.84 Å². The lowest BCUT2D eigenvalue weighted by atomic mass is 10.2. The summed E-state index contributed by atoms with van der Waals surface area (Å²) in [6.45, 7) is 2.53. The Balaban J connectivity index is 2.64. The number of nitrogens with one attached hydrogen (secondary N) is 1. The van der Waals surface area contributed by atoms with E-state index in [2.05, 4.69) is 11.2 Å². The van der Waals surface area contributed by atoms with Crippen LogP contribution in [0.15, 0.2) is 18.2 Å². The molecule has 0 aliphatic carbocycles. The maximum atomic E-state index is 9.52. The van der Waals surface area contributed by atoms with E-state index in [4.69, 9.17) is 11.2 Å². The molecule has 0 aliphatic rings. The Morgan fingerprint density at radius 2 is 2.33 bits per heavy atom. The Morgan fingerprint density at radius 1 is 1.60 bits per heavy atom. The van der Waals surface area contributed by atoms with Crippen LogP contribution in [0.3, 0.4) is 0 Å². The molecule has 0 fully saturated rings. The summed E-state index contributed by atoms with van der Waals surface area (Å²) >= 11 is 0. The summed E-state index contributed by atoms with van der Waals surface area (Å²) in [5, 5.41) is 12.6. The van der Waals surface area contributed by atoms with Gasteiger partial charge in [0.2, 0.25) is 0 Å². The van der Waals surface area contributed by atoms with Crippen molar-refractivity contribution in [2.45, 2.75) is 19.5 Å². The zero-order valence-corrected chi connectivity index (χ0v) is 8.95. The smallest absolute Gasteiger partial charge is 0.160 e. The lowest BCUT2D eigenvalue weighted by Crippen LogP contribution is -2.23. The van der Waals surface area contributed by atoms with Crippen molar-refractivity contribution in [1.82, 2.24) is 5.32 Å². The Kier molecular flexibility index (Phi) is 4.02. The van der Waals surface area contributed by atoms with Gasteiger partial charge in [-0.2, -0.15) is 0 Å². The first-order valence-electron chi connectivity index (χ1n) is 4.72. The van der Waals surface area contributed by atoms with Crippen molar-refractivity contribution in [3.8, 4) is 23.8 Å². The Hall–Kier alpha value is -1.66. The summed E-state index contributed by atoms with van der Waals surface area (Å²) < 4.78 is 4.94. The zero-order valence-electron chi connectivity index (χ0n) is 8.95. The Morgan fingerprint density at radius 3 is 2.87 bits per heavy atom. The number of methoxy groups -OCH3 is 1. The van der Waals surface area contributed by atoms with Gasteiger partial charge < -0.3 is 9.84 Å². The number of phenols is 1. The monoisotopic (exact) mass is 205 g/mol. The summed E-state index contributed by atoms with van der Waals surface area (Å²) in [5.41, 5.74) is 0.968. The van der Waals surface area contributed by atoms with Gasteiger partial charge in [0.15, 0.2) is 11.5 Å². The molecule has 0 aliphatic heterocycles. The predicted octanol–water partition coefficient (Wildman–Crippen LogP) is 1.51. The van der Waals surface area contributed by atoms with E-state index in [9.17, 15) is 5.11 Å². The van der Waals surface area contributed by atoms with E-state index in [1.165, 1.54) is 7.11 Å². The van der Waals surface area contributed by atoms with Crippen molar-refractivity contribution in [2.75, 3.05) is 7.11 Å². The number of aromatic hydroxyl groups is 1. The van der Waals surface area contributed by atoms with Gasteiger partial charge in [0.1, 0.15) is 0 Å². The van der Waals surface area contributed by atoms with Gasteiger partial charge in [0.25, 0.3) is 0 Å². The van der Waals surface area contributed by atoms with Gasteiger partial charge in [-0.05, 0) is 24.6 Å². The van der Waals surface area contributed by atoms with Crippen molar-refractivity contribution in [2.24, 2.45) is 0 Å². The van der Waals surface area contributed by atoms with Crippen LogP contribution >= 0.6 is 0 Å². The highest BCUT2D eigenvalue weighted by Gasteiger charge is 2.03. The second-order valence-corrected chi connectivity index (χ2v) is 3.28. The molecule has 1 unspecified atom stereocenters. The van der Waals surface area contributed by atoms with Crippen LogP contribution in [-0.4, -0.2) is 18.3 Å². The van der Waals surface area contributed by atoms with Crippen molar-refractivity contribution >= 4 is 0 Å². The number of ether oxygens (including phenoxy) is 1. The van der Waals surface area contributed by atoms with Crippen LogP contribution < -0.4 is 10.1 Å². The van der Waals surface area contributed by atoms with Gasteiger partial charge in [-0.3, -0.25) is 5.32 Å². The standard InChI is InChI=1S/C12H15NO2/c1-4-9(2)13-8-10-5-6-12(15-3)11(14)7-10/h1,5-7,9,13-14H,8H2,2-3H3. The molecule has 0 amide bonds. The molecule has 0 aromatic heterocycles. The third-order valence-electron chi connectivity index (χ3n) is 2.11. The molecule has 0 heterocycles. The average Bonchev–Trinajstić information content (AvgIpc) is 2.26. The maximum absolute atomic E-state index is 9.52. The van der Waals surface area contributed by atoms with Gasteiger partial charge in [-0.15, -0.1) is 6.42 Å². The van der Waals surface area contributed by atoms with Crippen LogP contribution in [-0.2, 0) is 6.54 Å². The molecule has 1 aromatic carbocycles. The van der Waals surface area contributed by atoms with Gasteiger partial charge in [-0.25, -0.2) is 0 Å². The van der Waals surface area contributed by atoms with Crippen LogP contribution in [0.1, 0.15) is 12.5 Å². The average molecular weight is 205 g/mol. The van der Waals surface area contributed by atoms with Crippen LogP contribution in [0.25, 0.3) is 0 Å². The summed E-state index contributed by atoms with van der Waals surface area (Å²) in [6, 6.07) is 5.30. The van der Waals surface area contributed by atoms with E-state index in [0.29, 0.717) is 12.3 Å². The molecule has 15 heavy (non-hydrogen) atoms. The number of benzene rings is 1. The molecule has 0 saturated heterocycles. The SMILES string of the molecule is C#CC(C)NCc1ccc(OC)c(O)c1. The number of hydrogen-bond donors (Lipinski definition) is 2. The van der Waals surface area contributed by atoms with E-state index in [-0.39, 0.29) is 11.8 Å². The Labute approximate surface area is 90.1 Å². The minimum Gasteiger partial charge on any atom is -0.504 e. The summed E-state index contributed by atoms with van der Waals surface area (Å²) in [6.07, 6.45) is 5.23. The summed E-state index contributed by atoms with van der Waals surface area (Å²) in [4.78, 5) is 0. The van der Waals surface area contributed by atoms with E-state index < -0.39 is 0 Å². The second kappa shape index (κ2) is 5.28. The van der Waals surface area contributed by atoms with E-state index in [1.54, 1.807) is 12.1 Å². The molecule has 80 valence electrons. The second-order valence-electron chi connectivity index (χ2n) is 3.28.